The number of hydrogen-bond acceptors (Lipinski definition) is 2. The number of rotatable bonds is 6. The van der Waals surface area contributed by atoms with Gasteiger partial charge < -0.3 is 0 Å². The van der Waals surface area contributed by atoms with Crippen LogP contribution in [0.4, 0.5) is 0 Å². The molecule has 1 heterocycles. The van der Waals surface area contributed by atoms with Crippen LogP contribution in [-0.2, 0) is 0 Å². The zero-order valence-electron chi connectivity index (χ0n) is 8.80. The summed E-state index contributed by atoms with van der Waals surface area (Å²) in [6, 6.07) is 0. The lowest BCUT2D eigenvalue weighted by Crippen LogP contribution is -2.64. The SMILES string of the molecule is CCCCN1[SiH2]N(CCCC)C1Cl. The second kappa shape index (κ2) is 6.01. The molecule has 0 saturated carbocycles. The van der Waals surface area contributed by atoms with Crippen LogP contribution < -0.4 is 0 Å². The Morgan fingerprint density at radius 1 is 1.08 bits per heavy atom. The molecule has 0 aliphatic carbocycles. The average molecular weight is 221 g/mol. The quantitative estimate of drug-likeness (QED) is 0.382. The lowest BCUT2D eigenvalue weighted by Gasteiger charge is -2.47. The van der Waals surface area contributed by atoms with Crippen molar-refractivity contribution in [3.8, 4) is 0 Å². The van der Waals surface area contributed by atoms with Crippen LogP contribution >= 0.6 is 11.6 Å². The summed E-state index contributed by atoms with van der Waals surface area (Å²) in [5.41, 5.74) is 0.241. The summed E-state index contributed by atoms with van der Waals surface area (Å²) in [5.74, 6) is 0. The molecule has 0 radical (unpaired) electrons. The van der Waals surface area contributed by atoms with E-state index in [1.54, 1.807) is 0 Å². The van der Waals surface area contributed by atoms with Gasteiger partial charge in [0.25, 0.3) is 0 Å². The van der Waals surface area contributed by atoms with Crippen LogP contribution in [0, 0.1) is 0 Å². The molecule has 1 aliphatic rings. The molecule has 0 aromatic heterocycles. The topological polar surface area (TPSA) is 6.48 Å². The Morgan fingerprint density at radius 2 is 1.54 bits per heavy atom. The minimum absolute atomic E-state index is 0.120. The molecule has 0 N–H and O–H groups in total. The minimum Gasteiger partial charge on any atom is -0.289 e. The van der Waals surface area contributed by atoms with E-state index in [2.05, 4.69) is 23.0 Å². The van der Waals surface area contributed by atoms with Crippen LogP contribution in [0.5, 0.6) is 0 Å². The third-order valence-corrected chi connectivity index (χ3v) is 5.63. The Hall–Kier alpha value is 0.427. The van der Waals surface area contributed by atoms with Gasteiger partial charge in [-0.15, -0.1) is 0 Å². The van der Waals surface area contributed by atoms with Crippen molar-refractivity contribution in [3.63, 3.8) is 0 Å². The number of nitrogens with zero attached hydrogens (tertiary/aromatic N) is 2. The van der Waals surface area contributed by atoms with E-state index in [1.807, 2.05) is 0 Å². The Balaban J connectivity index is 2.07. The summed E-state index contributed by atoms with van der Waals surface area (Å²) in [7, 11) is -0.120. The standard InChI is InChI=1S/C9H21ClN2Si/c1-3-5-7-11-9(10)12(13-11)8-6-4-2/h9H,3-8,13H2,1-2H3. The molecule has 1 rings (SSSR count). The molecule has 2 nitrogen and oxygen atoms in total. The van der Waals surface area contributed by atoms with Crippen LogP contribution in [0.1, 0.15) is 39.5 Å². The van der Waals surface area contributed by atoms with Crippen molar-refractivity contribution in [2.24, 2.45) is 0 Å². The predicted octanol–water partition coefficient (Wildman–Crippen LogP) is 1.73. The molecule has 0 aromatic rings. The molecule has 0 spiro atoms. The highest BCUT2D eigenvalue weighted by Gasteiger charge is 2.33. The first-order chi connectivity index (χ1) is 6.29. The highest BCUT2D eigenvalue weighted by molar-refractivity contribution is 6.39. The molecule has 13 heavy (non-hydrogen) atoms. The van der Waals surface area contributed by atoms with E-state index < -0.39 is 0 Å². The fourth-order valence-corrected chi connectivity index (χ4v) is 3.77. The van der Waals surface area contributed by atoms with Crippen molar-refractivity contribution in [2.75, 3.05) is 13.1 Å². The summed E-state index contributed by atoms with van der Waals surface area (Å²) in [4.78, 5) is 0. The number of alkyl halides is 1. The van der Waals surface area contributed by atoms with Crippen molar-refractivity contribution in [1.82, 2.24) is 9.13 Å². The summed E-state index contributed by atoms with van der Waals surface area (Å²) in [6.07, 6.45) is 5.17. The van der Waals surface area contributed by atoms with E-state index in [9.17, 15) is 0 Å². The zero-order chi connectivity index (χ0) is 9.68. The molecule has 1 aliphatic heterocycles. The van der Waals surface area contributed by atoms with E-state index in [0.29, 0.717) is 0 Å². The maximum Gasteiger partial charge on any atom is 0.177 e. The van der Waals surface area contributed by atoms with Gasteiger partial charge in [-0.05, 0) is 25.9 Å². The second-order valence-corrected chi connectivity index (χ2v) is 6.08. The maximum atomic E-state index is 6.24. The fraction of sp³-hybridized carbons (Fsp3) is 1.00. The summed E-state index contributed by atoms with van der Waals surface area (Å²) >= 11 is 6.24. The third-order valence-electron chi connectivity index (χ3n) is 2.56. The molecule has 0 aromatic carbocycles. The van der Waals surface area contributed by atoms with Crippen molar-refractivity contribution in [3.05, 3.63) is 0 Å². The normalized spacial score (nSPS) is 26.5. The predicted molar refractivity (Wildman–Crippen MR) is 61.4 cm³/mol. The molecule has 0 atom stereocenters. The summed E-state index contributed by atoms with van der Waals surface area (Å²) in [6.45, 7) is 6.91. The van der Waals surface area contributed by atoms with Crippen LogP contribution in [0.2, 0.25) is 0 Å². The fourth-order valence-electron chi connectivity index (χ4n) is 1.58. The van der Waals surface area contributed by atoms with E-state index in [-0.39, 0.29) is 15.5 Å². The molecule has 0 amide bonds. The maximum absolute atomic E-state index is 6.24. The molecule has 4 heteroatoms. The molecule has 0 unspecified atom stereocenters. The smallest absolute Gasteiger partial charge is 0.177 e. The van der Waals surface area contributed by atoms with Crippen LogP contribution in [0.25, 0.3) is 0 Å². The van der Waals surface area contributed by atoms with Gasteiger partial charge in [0.05, 0.1) is 0 Å². The highest BCUT2D eigenvalue weighted by Crippen LogP contribution is 2.20. The molecule has 1 saturated heterocycles. The van der Waals surface area contributed by atoms with E-state index in [1.165, 1.54) is 38.8 Å². The van der Waals surface area contributed by atoms with Gasteiger partial charge in [0.15, 0.2) is 9.84 Å². The lowest BCUT2D eigenvalue weighted by molar-refractivity contribution is 0.160. The summed E-state index contributed by atoms with van der Waals surface area (Å²) in [5, 5.41) is 0. The Bertz CT molecular complexity index is 132. The van der Waals surface area contributed by atoms with Crippen molar-refractivity contribution >= 4 is 21.4 Å². The second-order valence-electron chi connectivity index (χ2n) is 3.78. The first kappa shape index (κ1) is 11.5. The van der Waals surface area contributed by atoms with Crippen LogP contribution in [0.15, 0.2) is 0 Å². The zero-order valence-corrected chi connectivity index (χ0v) is 11.0. The number of halogens is 1. The Kier molecular flexibility index (Phi) is 5.32. The average Bonchev–Trinajstić information content (AvgIpc) is 2.15. The Morgan fingerprint density at radius 3 is 1.85 bits per heavy atom. The number of unbranched alkanes of at least 4 members (excludes halogenated alkanes) is 2. The van der Waals surface area contributed by atoms with E-state index >= 15 is 0 Å². The minimum atomic E-state index is -0.120. The van der Waals surface area contributed by atoms with Gasteiger partial charge in [0.1, 0.15) is 5.62 Å². The molecule has 0 bridgehead atoms. The van der Waals surface area contributed by atoms with Gasteiger partial charge in [-0.1, -0.05) is 38.3 Å². The van der Waals surface area contributed by atoms with Crippen molar-refractivity contribution < 1.29 is 0 Å². The van der Waals surface area contributed by atoms with Gasteiger partial charge in [-0.2, -0.15) is 0 Å². The van der Waals surface area contributed by atoms with Gasteiger partial charge >= 0.3 is 0 Å². The van der Waals surface area contributed by atoms with Crippen molar-refractivity contribution in [2.45, 2.75) is 45.2 Å². The molecule has 1 fully saturated rings. The lowest BCUT2D eigenvalue weighted by atomic mass is 10.3. The van der Waals surface area contributed by atoms with Gasteiger partial charge in [0.2, 0.25) is 0 Å². The first-order valence-corrected chi connectivity index (χ1v) is 7.12. The highest BCUT2D eigenvalue weighted by atomic mass is 35.5. The van der Waals surface area contributed by atoms with Crippen LogP contribution in [0.3, 0.4) is 0 Å². The van der Waals surface area contributed by atoms with Gasteiger partial charge in [-0.25, -0.2) is 0 Å². The van der Waals surface area contributed by atoms with E-state index in [4.69, 9.17) is 11.6 Å². The summed E-state index contributed by atoms with van der Waals surface area (Å²) < 4.78 is 4.95. The van der Waals surface area contributed by atoms with Gasteiger partial charge in [-0.3, -0.25) is 9.13 Å². The Labute approximate surface area is 89.2 Å². The largest absolute Gasteiger partial charge is 0.289 e. The number of hydrogen-bond donors (Lipinski definition) is 0. The van der Waals surface area contributed by atoms with Gasteiger partial charge in [0, 0.05) is 0 Å². The monoisotopic (exact) mass is 220 g/mol. The third kappa shape index (κ3) is 3.24. The molecular formula is C9H21ClN2Si. The molecular weight excluding hydrogens is 200 g/mol. The van der Waals surface area contributed by atoms with Crippen LogP contribution in [-0.4, -0.2) is 37.7 Å². The first-order valence-electron chi connectivity index (χ1n) is 5.41. The van der Waals surface area contributed by atoms with E-state index in [0.717, 1.165) is 0 Å². The van der Waals surface area contributed by atoms with Crippen molar-refractivity contribution in [1.29, 1.82) is 0 Å². The molecule has 78 valence electrons.